The van der Waals surface area contributed by atoms with Gasteiger partial charge in [0.25, 0.3) is 0 Å². The number of phenols is 2. The molecule has 0 radical (unpaired) electrons. The van der Waals surface area contributed by atoms with Crippen molar-refractivity contribution in [2.45, 2.75) is 6.92 Å². The summed E-state index contributed by atoms with van der Waals surface area (Å²) in [7, 11) is 0. The zero-order chi connectivity index (χ0) is 23.4. The van der Waals surface area contributed by atoms with Crippen LogP contribution >= 0.6 is 31.9 Å². The molecule has 2 aromatic carbocycles. The molecule has 4 rings (SSSR count). The molecular weight excluding hydrogens is 558 g/mol. The minimum Gasteiger partial charge on any atom is -0.507 e. The standard InChI is InChI=1S/C21H21Br2N7O3/c1-12-2-3-16(14(22)8-12)25-19-26-20(28-21(27-19)30-4-6-33-7-5-30)29-24-11-13-9-15(23)18(32)10-17(13)31/h2-3,8-11,31-32H,4-7H2,1H3,(H2,25,26,27,28,29). The average Bonchev–Trinajstić information content (AvgIpc) is 2.79. The number of halogens is 2. The van der Waals surface area contributed by atoms with E-state index in [1.807, 2.05) is 30.0 Å². The third kappa shape index (κ3) is 5.89. The van der Waals surface area contributed by atoms with Gasteiger partial charge in [-0.1, -0.05) is 6.07 Å². The molecule has 0 unspecified atom stereocenters. The SMILES string of the molecule is Cc1ccc(Nc2nc(NN=Cc3cc(Br)c(O)cc3O)nc(N3CCOCC3)n2)c(Br)c1. The van der Waals surface area contributed by atoms with Gasteiger partial charge in [0.1, 0.15) is 11.5 Å². The summed E-state index contributed by atoms with van der Waals surface area (Å²) in [5, 5.41) is 27.0. The molecule has 10 nitrogen and oxygen atoms in total. The number of benzene rings is 2. The van der Waals surface area contributed by atoms with Crippen molar-refractivity contribution in [3.05, 3.63) is 50.4 Å². The largest absolute Gasteiger partial charge is 0.507 e. The second kappa shape index (κ2) is 10.3. The maximum absolute atomic E-state index is 10.0. The summed E-state index contributed by atoms with van der Waals surface area (Å²) in [6.45, 7) is 4.52. The highest BCUT2D eigenvalue weighted by Crippen LogP contribution is 2.30. The highest BCUT2D eigenvalue weighted by atomic mass is 79.9. The van der Waals surface area contributed by atoms with Crippen molar-refractivity contribution in [1.82, 2.24) is 15.0 Å². The van der Waals surface area contributed by atoms with Crippen LogP contribution in [0.4, 0.5) is 23.5 Å². The maximum Gasteiger partial charge on any atom is 0.250 e. The zero-order valence-corrected chi connectivity index (χ0v) is 20.8. The van der Waals surface area contributed by atoms with E-state index in [1.54, 1.807) is 6.07 Å². The Balaban J connectivity index is 1.60. The molecule has 0 bridgehead atoms. The van der Waals surface area contributed by atoms with Crippen molar-refractivity contribution in [2.24, 2.45) is 5.10 Å². The molecule has 4 N–H and O–H groups in total. The van der Waals surface area contributed by atoms with Gasteiger partial charge in [-0.2, -0.15) is 20.1 Å². The van der Waals surface area contributed by atoms with Crippen molar-refractivity contribution in [2.75, 3.05) is 41.9 Å². The molecular formula is C21H21Br2N7O3. The minimum atomic E-state index is -0.113. The summed E-state index contributed by atoms with van der Waals surface area (Å²) in [5.74, 6) is 0.891. The van der Waals surface area contributed by atoms with Gasteiger partial charge in [0.2, 0.25) is 17.8 Å². The first kappa shape index (κ1) is 23.2. The van der Waals surface area contributed by atoms with Crippen LogP contribution in [-0.2, 0) is 4.74 Å². The molecule has 0 saturated carbocycles. The number of hydrogen-bond donors (Lipinski definition) is 4. The minimum absolute atomic E-state index is 0.0665. The van der Waals surface area contributed by atoms with Gasteiger partial charge < -0.3 is 25.2 Å². The molecule has 1 aromatic heterocycles. The second-order valence-corrected chi connectivity index (χ2v) is 8.93. The summed E-state index contributed by atoms with van der Waals surface area (Å²) in [6.07, 6.45) is 1.40. The van der Waals surface area contributed by atoms with Crippen LogP contribution in [0.2, 0.25) is 0 Å². The van der Waals surface area contributed by atoms with E-state index in [2.05, 4.69) is 62.7 Å². The van der Waals surface area contributed by atoms with Gasteiger partial charge in [0, 0.05) is 29.2 Å². The Hall–Kier alpha value is -2.96. The number of rotatable bonds is 6. The number of hydrazone groups is 1. The van der Waals surface area contributed by atoms with E-state index in [1.165, 1.54) is 12.3 Å². The van der Waals surface area contributed by atoms with Crippen molar-refractivity contribution >= 4 is 61.6 Å². The van der Waals surface area contributed by atoms with E-state index in [0.717, 1.165) is 15.7 Å². The number of nitrogens with zero attached hydrogens (tertiary/aromatic N) is 5. The highest BCUT2D eigenvalue weighted by Gasteiger charge is 2.17. The van der Waals surface area contributed by atoms with Gasteiger partial charge in [0.15, 0.2) is 0 Å². The quantitative estimate of drug-likeness (QED) is 0.252. The smallest absolute Gasteiger partial charge is 0.250 e. The lowest BCUT2D eigenvalue weighted by Gasteiger charge is -2.27. The molecule has 0 aliphatic carbocycles. The number of nitrogens with one attached hydrogen (secondary N) is 2. The molecule has 12 heteroatoms. The number of aromatic nitrogens is 3. The molecule has 1 aliphatic heterocycles. The number of anilines is 4. The Morgan fingerprint density at radius 2 is 1.76 bits per heavy atom. The summed E-state index contributed by atoms with van der Waals surface area (Å²) in [6, 6.07) is 8.70. The maximum atomic E-state index is 10.0. The lowest BCUT2D eigenvalue weighted by atomic mass is 10.2. The second-order valence-electron chi connectivity index (χ2n) is 7.22. The molecule has 1 aliphatic rings. The topological polar surface area (TPSA) is 128 Å². The fraction of sp³-hybridized carbons (Fsp3) is 0.238. The summed E-state index contributed by atoms with van der Waals surface area (Å²) in [4.78, 5) is 15.5. The molecule has 0 spiro atoms. The lowest BCUT2D eigenvalue weighted by molar-refractivity contribution is 0.122. The lowest BCUT2D eigenvalue weighted by Crippen LogP contribution is -2.37. The normalized spacial score (nSPS) is 14.0. The van der Waals surface area contributed by atoms with Gasteiger partial charge in [0.05, 0.1) is 29.6 Å². The van der Waals surface area contributed by atoms with Crippen molar-refractivity contribution in [3.8, 4) is 11.5 Å². The Kier molecular flexibility index (Phi) is 7.26. The van der Waals surface area contributed by atoms with Crippen LogP contribution in [0.1, 0.15) is 11.1 Å². The van der Waals surface area contributed by atoms with E-state index in [-0.39, 0.29) is 17.4 Å². The van der Waals surface area contributed by atoms with E-state index in [0.29, 0.717) is 48.2 Å². The predicted molar refractivity (Wildman–Crippen MR) is 134 cm³/mol. The molecule has 0 atom stereocenters. The van der Waals surface area contributed by atoms with Crippen LogP contribution in [0.15, 0.2) is 44.4 Å². The third-order valence-corrected chi connectivity index (χ3v) is 6.04. The number of aromatic hydroxyl groups is 2. The fourth-order valence-electron chi connectivity index (χ4n) is 3.05. The summed E-state index contributed by atoms with van der Waals surface area (Å²) in [5.41, 5.74) is 5.13. The molecule has 1 saturated heterocycles. The number of ether oxygens (including phenoxy) is 1. The third-order valence-electron chi connectivity index (χ3n) is 4.75. The van der Waals surface area contributed by atoms with E-state index < -0.39 is 0 Å². The number of aryl methyl sites for hydroxylation is 1. The molecule has 3 aromatic rings. The monoisotopic (exact) mass is 577 g/mol. The Bertz CT molecular complexity index is 1190. The first-order chi connectivity index (χ1) is 15.9. The Morgan fingerprint density at radius 1 is 1.00 bits per heavy atom. The molecule has 0 amide bonds. The van der Waals surface area contributed by atoms with E-state index >= 15 is 0 Å². The average molecular weight is 579 g/mol. The molecule has 2 heterocycles. The zero-order valence-electron chi connectivity index (χ0n) is 17.6. The van der Waals surface area contributed by atoms with Crippen LogP contribution in [0.25, 0.3) is 0 Å². The number of hydrogen-bond acceptors (Lipinski definition) is 10. The highest BCUT2D eigenvalue weighted by molar-refractivity contribution is 9.11. The van der Waals surface area contributed by atoms with Crippen LogP contribution in [0.5, 0.6) is 11.5 Å². The Morgan fingerprint density at radius 3 is 2.52 bits per heavy atom. The first-order valence-electron chi connectivity index (χ1n) is 10.0. The first-order valence-corrected chi connectivity index (χ1v) is 11.6. The van der Waals surface area contributed by atoms with Crippen LogP contribution < -0.4 is 15.6 Å². The van der Waals surface area contributed by atoms with Crippen LogP contribution in [0, 0.1) is 6.92 Å². The van der Waals surface area contributed by atoms with Gasteiger partial charge in [-0.05, 0) is 62.5 Å². The summed E-state index contributed by atoms with van der Waals surface area (Å²) < 4.78 is 6.75. The van der Waals surface area contributed by atoms with E-state index in [4.69, 9.17) is 4.74 Å². The van der Waals surface area contributed by atoms with Crippen LogP contribution in [-0.4, -0.2) is 57.7 Å². The predicted octanol–water partition coefficient (Wildman–Crippen LogP) is 4.14. The Labute approximate surface area is 207 Å². The number of phenolic OH excluding ortho intramolecular Hbond substituents is 2. The van der Waals surface area contributed by atoms with Gasteiger partial charge in [-0.15, -0.1) is 0 Å². The van der Waals surface area contributed by atoms with Crippen molar-refractivity contribution < 1.29 is 14.9 Å². The fourth-order valence-corrected chi connectivity index (χ4v) is 4.00. The van der Waals surface area contributed by atoms with Crippen molar-refractivity contribution in [1.29, 1.82) is 0 Å². The van der Waals surface area contributed by atoms with E-state index in [9.17, 15) is 10.2 Å². The van der Waals surface area contributed by atoms with Gasteiger partial charge in [-0.3, -0.25) is 0 Å². The molecule has 33 heavy (non-hydrogen) atoms. The van der Waals surface area contributed by atoms with Gasteiger partial charge in [-0.25, -0.2) is 5.43 Å². The van der Waals surface area contributed by atoms with Gasteiger partial charge >= 0.3 is 0 Å². The molecule has 172 valence electrons. The summed E-state index contributed by atoms with van der Waals surface area (Å²) >= 11 is 6.78. The molecule has 1 fully saturated rings. The van der Waals surface area contributed by atoms with Crippen LogP contribution in [0.3, 0.4) is 0 Å². The number of morpholine rings is 1. The van der Waals surface area contributed by atoms with Crippen molar-refractivity contribution in [3.63, 3.8) is 0 Å².